The van der Waals surface area contributed by atoms with E-state index in [9.17, 15) is 4.79 Å². The summed E-state index contributed by atoms with van der Waals surface area (Å²) in [6, 6.07) is -0.382. The number of anilines is 1. The first kappa shape index (κ1) is 12.8. The molecular weight excluding hydrogens is 264 g/mol. The Hall–Kier alpha value is -1.18. The van der Waals surface area contributed by atoms with Crippen LogP contribution in [0.5, 0.6) is 0 Å². The van der Waals surface area contributed by atoms with Gasteiger partial charge in [0.25, 0.3) is 0 Å². The molecule has 0 saturated carbocycles. The zero-order valence-corrected chi connectivity index (χ0v) is 11.5. The van der Waals surface area contributed by atoms with E-state index in [1.807, 2.05) is 0 Å². The first-order valence-electron chi connectivity index (χ1n) is 6.58. The topological polar surface area (TPSA) is 82.7 Å². The number of piperazine rings is 1. The third kappa shape index (κ3) is 2.45. The first-order chi connectivity index (χ1) is 9.15. The fourth-order valence-electron chi connectivity index (χ4n) is 2.86. The molecule has 2 atom stereocenters. The lowest BCUT2D eigenvalue weighted by atomic mass is 10.2. The van der Waals surface area contributed by atoms with Crippen LogP contribution < -0.4 is 10.6 Å². The fourth-order valence-corrected chi connectivity index (χ4v) is 3.75. The third-order valence-corrected chi connectivity index (χ3v) is 4.87. The lowest BCUT2D eigenvalue weighted by Gasteiger charge is -2.37. The minimum Gasteiger partial charge on any atom is -0.480 e. The quantitative estimate of drug-likeness (QED) is 0.840. The molecule has 2 fully saturated rings. The Bertz CT molecular complexity index is 478. The molecule has 104 valence electrons. The summed E-state index contributed by atoms with van der Waals surface area (Å²) in [4.78, 5) is 20.0. The van der Waals surface area contributed by atoms with Crippen LogP contribution in [-0.4, -0.2) is 53.2 Å². The number of nitrogens with zero attached hydrogens (tertiary/aromatic N) is 3. The molecule has 19 heavy (non-hydrogen) atoms. The molecule has 2 aliphatic heterocycles. The van der Waals surface area contributed by atoms with Crippen molar-refractivity contribution in [2.75, 3.05) is 31.1 Å². The molecule has 0 aromatic carbocycles. The number of carboxylic acids is 1. The second-order valence-corrected chi connectivity index (χ2v) is 5.99. The van der Waals surface area contributed by atoms with Crippen molar-refractivity contribution < 1.29 is 9.90 Å². The summed E-state index contributed by atoms with van der Waals surface area (Å²) < 4.78 is 0. The highest BCUT2D eigenvalue weighted by Crippen LogP contribution is 2.28. The maximum Gasteiger partial charge on any atom is 0.326 e. The minimum absolute atomic E-state index is 0.460. The number of carbonyl (C=O) groups is 1. The predicted octanol–water partition coefficient (Wildman–Crippen LogP) is 0.512. The Morgan fingerprint density at radius 2 is 2.37 bits per heavy atom. The molecule has 2 aliphatic rings. The number of hydrogen-bond donors (Lipinski definition) is 2. The van der Waals surface area contributed by atoms with Crippen molar-refractivity contribution in [3.05, 3.63) is 11.1 Å². The number of nitrogens with two attached hydrogens (primary N) is 1. The molecule has 3 rings (SSSR count). The van der Waals surface area contributed by atoms with E-state index < -0.39 is 12.0 Å². The van der Waals surface area contributed by atoms with Gasteiger partial charge in [-0.2, -0.15) is 0 Å². The maximum absolute atomic E-state index is 10.9. The van der Waals surface area contributed by atoms with E-state index >= 15 is 0 Å². The van der Waals surface area contributed by atoms with Crippen molar-refractivity contribution in [3.63, 3.8) is 0 Å². The first-order valence-corrected chi connectivity index (χ1v) is 7.46. The van der Waals surface area contributed by atoms with Gasteiger partial charge in [-0.1, -0.05) is 0 Å². The monoisotopic (exact) mass is 282 g/mol. The highest BCUT2D eigenvalue weighted by molar-refractivity contribution is 7.13. The fraction of sp³-hybridized carbons (Fsp3) is 0.667. The van der Waals surface area contributed by atoms with Gasteiger partial charge in [-0.15, -0.1) is 11.3 Å². The summed E-state index contributed by atoms with van der Waals surface area (Å²) in [5.41, 5.74) is 6.04. The van der Waals surface area contributed by atoms with Crippen molar-refractivity contribution in [2.24, 2.45) is 5.73 Å². The van der Waals surface area contributed by atoms with Crippen LogP contribution in [0.4, 0.5) is 5.13 Å². The third-order valence-electron chi connectivity index (χ3n) is 3.95. The van der Waals surface area contributed by atoms with Gasteiger partial charge in [-0.3, -0.25) is 9.69 Å². The zero-order chi connectivity index (χ0) is 13.4. The van der Waals surface area contributed by atoms with Gasteiger partial charge in [0.1, 0.15) is 6.04 Å². The van der Waals surface area contributed by atoms with Gasteiger partial charge in [0.2, 0.25) is 0 Å². The molecular formula is C12H18N4O2S. The summed E-state index contributed by atoms with van der Waals surface area (Å²) in [6.07, 6.45) is 2.54. The highest BCUT2D eigenvalue weighted by Gasteiger charge is 2.31. The smallest absolute Gasteiger partial charge is 0.326 e. The van der Waals surface area contributed by atoms with Crippen molar-refractivity contribution in [1.29, 1.82) is 0 Å². The van der Waals surface area contributed by atoms with Crippen molar-refractivity contribution >= 4 is 22.4 Å². The van der Waals surface area contributed by atoms with Crippen LogP contribution in [0.1, 0.15) is 24.6 Å². The van der Waals surface area contributed by atoms with Crippen LogP contribution in [0.2, 0.25) is 0 Å². The van der Waals surface area contributed by atoms with Gasteiger partial charge in [0.05, 0.1) is 5.69 Å². The highest BCUT2D eigenvalue weighted by atomic mass is 32.1. The minimum atomic E-state index is -1.03. The van der Waals surface area contributed by atoms with E-state index in [4.69, 9.17) is 10.8 Å². The normalized spacial score (nSPS) is 25.3. The standard InChI is InChI=1S/C12H18N4O2S/c13-10(11(17)18)9-7-19-12(14-9)16-5-4-15-3-1-2-8(15)6-16/h7-8,10H,1-6,13H2,(H,17,18). The van der Waals surface area contributed by atoms with Crippen LogP contribution in [-0.2, 0) is 4.79 Å². The number of aromatic nitrogens is 1. The van der Waals surface area contributed by atoms with E-state index in [-0.39, 0.29) is 0 Å². The largest absolute Gasteiger partial charge is 0.480 e. The number of rotatable bonds is 3. The molecule has 0 radical (unpaired) electrons. The molecule has 1 aromatic rings. The van der Waals surface area contributed by atoms with E-state index in [0.29, 0.717) is 11.7 Å². The van der Waals surface area contributed by atoms with Crippen LogP contribution >= 0.6 is 11.3 Å². The van der Waals surface area contributed by atoms with Crippen molar-refractivity contribution in [1.82, 2.24) is 9.88 Å². The number of thiazole rings is 1. The van der Waals surface area contributed by atoms with Crippen LogP contribution in [0.3, 0.4) is 0 Å². The van der Waals surface area contributed by atoms with Gasteiger partial charge in [-0.25, -0.2) is 4.98 Å². The summed E-state index contributed by atoms with van der Waals surface area (Å²) in [6.45, 7) is 4.25. The molecule has 3 heterocycles. The van der Waals surface area contributed by atoms with Crippen molar-refractivity contribution in [2.45, 2.75) is 24.9 Å². The Labute approximate surface area is 115 Å². The predicted molar refractivity (Wildman–Crippen MR) is 73.5 cm³/mol. The average Bonchev–Trinajstić information content (AvgIpc) is 3.05. The lowest BCUT2D eigenvalue weighted by molar-refractivity contribution is -0.138. The Balaban J connectivity index is 1.71. The molecule has 0 bridgehead atoms. The van der Waals surface area contributed by atoms with Gasteiger partial charge in [-0.05, 0) is 19.4 Å². The summed E-state index contributed by atoms with van der Waals surface area (Å²) >= 11 is 1.49. The van der Waals surface area contributed by atoms with E-state index in [0.717, 1.165) is 24.8 Å². The molecule has 3 N–H and O–H groups in total. The molecule has 0 amide bonds. The van der Waals surface area contributed by atoms with Gasteiger partial charge in [0, 0.05) is 31.1 Å². The molecule has 0 spiro atoms. The number of fused-ring (bicyclic) bond motifs is 1. The SMILES string of the molecule is NC(C(=O)O)c1csc(N2CCN3CCCC3C2)n1. The number of aliphatic carboxylic acids is 1. The van der Waals surface area contributed by atoms with Gasteiger partial charge in [0.15, 0.2) is 5.13 Å². The summed E-state index contributed by atoms with van der Waals surface area (Å²) in [7, 11) is 0. The molecule has 0 aliphatic carbocycles. The van der Waals surface area contributed by atoms with Gasteiger partial charge >= 0.3 is 5.97 Å². The van der Waals surface area contributed by atoms with E-state index in [1.165, 1.54) is 30.7 Å². The van der Waals surface area contributed by atoms with E-state index in [1.54, 1.807) is 5.38 Å². The molecule has 1 aromatic heterocycles. The lowest BCUT2D eigenvalue weighted by Crippen LogP contribution is -2.50. The second-order valence-electron chi connectivity index (χ2n) is 5.15. The molecule has 2 unspecified atom stereocenters. The molecule has 2 saturated heterocycles. The second kappa shape index (κ2) is 5.07. The van der Waals surface area contributed by atoms with Crippen LogP contribution in [0.25, 0.3) is 0 Å². The Morgan fingerprint density at radius 1 is 1.53 bits per heavy atom. The van der Waals surface area contributed by atoms with E-state index in [2.05, 4.69) is 14.8 Å². The Kier molecular flexibility index (Phi) is 3.42. The average molecular weight is 282 g/mol. The van der Waals surface area contributed by atoms with Crippen molar-refractivity contribution in [3.8, 4) is 0 Å². The van der Waals surface area contributed by atoms with Crippen LogP contribution in [0, 0.1) is 0 Å². The number of hydrogen-bond acceptors (Lipinski definition) is 6. The van der Waals surface area contributed by atoms with Crippen LogP contribution in [0.15, 0.2) is 5.38 Å². The summed E-state index contributed by atoms with van der Waals surface area (Å²) in [5, 5.41) is 11.6. The zero-order valence-electron chi connectivity index (χ0n) is 10.7. The Morgan fingerprint density at radius 3 is 3.16 bits per heavy atom. The molecule has 6 nitrogen and oxygen atoms in total. The number of carboxylic acid groups (broad SMARTS) is 1. The maximum atomic E-state index is 10.9. The summed E-state index contributed by atoms with van der Waals surface area (Å²) in [5.74, 6) is -1.03. The molecule has 7 heteroatoms. The van der Waals surface area contributed by atoms with Gasteiger partial charge < -0.3 is 15.7 Å².